The highest BCUT2D eigenvalue weighted by molar-refractivity contribution is 7.16. The van der Waals surface area contributed by atoms with Gasteiger partial charge in [-0.25, -0.2) is 0 Å². The highest BCUT2D eigenvalue weighted by Gasteiger charge is 2.15. The van der Waals surface area contributed by atoms with E-state index in [0.717, 1.165) is 21.3 Å². The minimum atomic E-state index is -0.437. The molecule has 0 aliphatic rings. The molecule has 0 aliphatic carbocycles. The van der Waals surface area contributed by atoms with Gasteiger partial charge in [-0.1, -0.05) is 11.3 Å². The number of esters is 1. The summed E-state index contributed by atoms with van der Waals surface area (Å²) in [6.45, 7) is 8.00. The van der Waals surface area contributed by atoms with E-state index in [1.807, 2.05) is 39.8 Å². The second-order valence-corrected chi connectivity index (χ2v) is 7.65. The zero-order valence-corrected chi connectivity index (χ0v) is 16.8. The van der Waals surface area contributed by atoms with Gasteiger partial charge in [-0.15, -0.1) is 0 Å². The molecule has 0 aliphatic heterocycles. The quantitative estimate of drug-likeness (QED) is 0.646. The van der Waals surface area contributed by atoms with Crippen LogP contribution >= 0.6 is 11.3 Å². The van der Waals surface area contributed by atoms with Crippen molar-refractivity contribution in [2.24, 2.45) is 4.99 Å². The molecule has 0 unspecified atom stereocenters. The lowest BCUT2D eigenvalue weighted by atomic mass is 10.1. The minimum absolute atomic E-state index is 0.00838. The Bertz CT molecular complexity index is 1090. The monoisotopic (exact) mass is 386 g/mol. The first-order chi connectivity index (χ1) is 12.8. The van der Waals surface area contributed by atoms with Crippen LogP contribution in [0.15, 0.2) is 29.4 Å². The molecule has 0 bridgehead atoms. The van der Waals surface area contributed by atoms with Crippen LogP contribution in [0.25, 0.3) is 10.2 Å². The van der Waals surface area contributed by atoms with Crippen molar-refractivity contribution in [1.82, 2.24) is 14.3 Å². The Morgan fingerprint density at radius 3 is 2.59 bits per heavy atom. The zero-order valence-electron chi connectivity index (χ0n) is 16.0. The van der Waals surface area contributed by atoms with Gasteiger partial charge in [-0.05, 0) is 57.0 Å². The lowest BCUT2D eigenvalue weighted by Gasteiger charge is -2.05. The summed E-state index contributed by atoms with van der Waals surface area (Å²) in [7, 11) is 1.34. The van der Waals surface area contributed by atoms with Crippen LogP contribution in [0.5, 0.6) is 0 Å². The number of carbonyl (C=O) groups is 2. The molecule has 8 heteroatoms. The van der Waals surface area contributed by atoms with Crippen LogP contribution in [-0.4, -0.2) is 33.3 Å². The number of thiazole rings is 1. The van der Waals surface area contributed by atoms with E-state index in [1.54, 1.807) is 21.5 Å². The molecule has 1 aromatic carbocycles. The lowest BCUT2D eigenvalue weighted by molar-refractivity contribution is -0.141. The maximum atomic E-state index is 12.6. The number of rotatable bonds is 4. The predicted octanol–water partition coefficient (Wildman–Crippen LogP) is 3.01. The molecule has 0 fully saturated rings. The number of carbonyl (C=O) groups excluding carboxylic acids is 2. The predicted molar refractivity (Wildman–Crippen MR) is 104 cm³/mol. The second kappa shape index (κ2) is 7.48. The molecule has 3 rings (SSSR count). The Morgan fingerprint density at radius 2 is 1.96 bits per heavy atom. The van der Waals surface area contributed by atoms with Gasteiger partial charge in [0.15, 0.2) is 10.5 Å². The van der Waals surface area contributed by atoms with Crippen LogP contribution < -0.4 is 4.80 Å². The Kier molecular flexibility index (Phi) is 5.27. The van der Waals surface area contributed by atoms with E-state index in [9.17, 15) is 9.59 Å². The average molecular weight is 386 g/mol. The minimum Gasteiger partial charge on any atom is -0.468 e. The number of amides is 1. The molecule has 3 aromatic rings. The smallest absolute Gasteiger partial charge is 0.325 e. The fourth-order valence-electron chi connectivity index (χ4n) is 2.64. The average Bonchev–Trinajstić information content (AvgIpc) is 3.22. The van der Waals surface area contributed by atoms with Crippen molar-refractivity contribution in [2.75, 3.05) is 7.11 Å². The highest BCUT2D eigenvalue weighted by atomic mass is 32.1. The number of benzene rings is 1. The van der Waals surface area contributed by atoms with Crippen LogP contribution in [0.4, 0.5) is 0 Å². The molecule has 0 atom stereocenters. The van der Waals surface area contributed by atoms with Crippen LogP contribution in [0.2, 0.25) is 0 Å². The van der Waals surface area contributed by atoms with Gasteiger partial charge in [0.25, 0.3) is 5.91 Å². The van der Waals surface area contributed by atoms with Crippen LogP contribution in [0, 0.1) is 13.8 Å². The van der Waals surface area contributed by atoms with E-state index in [2.05, 4.69) is 10.1 Å². The molecule has 2 aromatic heterocycles. The standard InChI is InChI=1S/C19H22N4O3S/c1-11(2)23-7-6-14(21-23)18(25)20-19-22(10-17(24)26-5)15-8-12(3)13(4)9-16(15)27-19/h6-9,11H,10H2,1-5H3. The van der Waals surface area contributed by atoms with Crippen LogP contribution in [0.1, 0.15) is 41.5 Å². The summed E-state index contributed by atoms with van der Waals surface area (Å²) >= 11 is 1.37. The number of fused-ring (bicyclic) bond motifs is 1. The molecule has 0 saturated heterocycles. The molecule has 0 radical (unpaired) electrons. The summed E-state index contributed by atoms with van der Waals surface area (Å²) in [4.78, 5) is 29.2. The molecular weight excluding hydrogens is 364 g/mol. The molecule has 0 spiro atoms. The molecule has 27 heavy (non-hydrogen) atoms. The lowest BCUT2D eigenvalue weighted by Crippen LogP contribution is -2.22. The van der Waals surface area contributed by atoms with Gasteiger partial charge < -0.3 is 9.30 Å². The Morgan fingerprint density at radius 1 is 1.26 bits per heavy atom. The van der Waals surface area contributed by atoms with Crippen molar-refractivity contribution >= 4 is 33.4 Å². The van der Waals surface area contributed by atoms with Crippen molar-refractivity contribution in [3.63, 3.8) is 0 Å². The van der Waals surface area contributed by atoms with Crippen molar-refractivity contribution in [2.45, 2.75) is 40.3 Å². The number of ether oxygens (including phenoxy) is 1. The Labute approximate surface area is 160 Å². The van der Waals surface area contributed by atoms with Crippen LogP contribution in [-0.2, 0) is 16.1 Å². The van der Waals surface area contributed by atoms with Gasteiger partial charge in [0.2, 0.25) is 0 Å². The van der Waals surface area contributed by atoms with E-state index in [1.165, 1.54) is 18.4 Å². The summed E-state index contributed by atoms with van der Waals surface area (Å²) in [5, 5.41) is 4.27. The topological polar surface area (TPSA) is 78.5 Å². The van der Waals surface area contributed by atoms with E-state index in [4.69, 9.17) is 4.74 Å². The van der Waals surface area contributed by atoms with E-state index in [-0.39, 0.29) is 18.3 Å². The van der Waals surface area contributed by atoms with Crippen molar-refractivity contribution in [1.29, 1.82) is 0 Å². The molecule has 0 N–H and O–H groups in total. The van der Waals surface area contributed by atoms with Crippen molar-refractivity contribution in [3.8, 4) is 0 Å². The van der Waals surface area contributed by atoms with Gasteiger partial charge in [-0.3, -0.25) is 14.3 Å². The molecule has 0 saturated carbocycles. The van der Waals surface area contributed by atoms with E-state index < -0.39 is 11.9 Å². The molecular formula is C19H22N4O3S. The van der Waals surface area contributed by atoms with Gasteiger partial charge in [-0.2, -0.15) is 10.1 Å². The SMILES string of the molecule is COC(=O)Cn1c(=NC(=O)c2ccn(C(C)C)n2)sc2cc(C)c(C)cc21. The maximum absolute atomic E-state index is 12.6. The molecule has 7 nitrogen and oxygen atoms in total. The normalized spacial score (nSPS) is 12.1. The first-order valence-corrected chi connectivity index (χ1v) is 9.43. The highest BCUT2D eigenvalue weighted by Crippen LogP contribution is 2.22. The van der Waals surface area contributed by atoms with Gasteiger partial charge in [0.05, 0.1) is 17.3 Å². The first kappa shape index (κ1) is 19.0. The molecule has 2 heterocycles. The van der Waals surface area contributed by atoms with Crippen LogP contribution in [0.3, 0.4) is 0 Å². The third-order valence-electron chi connectivity index (χ3n) is 4.37. The number of hydrogen-bond acceptors (Lipinski definition) is 5. The number of aryl methyl sites for hydroxylation is 2. The van der Waals surface area contributed by atoms with Gasteiger partial charge in [0, 0.05) is 12.2 Å². The summed E-state index contributed by atoms with van der Waals surface area (Å²) in [6, 6.07) is 5.85. The summed E-state index contributed by atoms with van der Waals surface area (Å²) < 4.78 is 9.19. The zero-order chi connectivity index (χ0) is 19.7. The fourth-order valence-corrected chi connectivity index (χ4v) is 3.74. The molecule has 142 valence electrons. The first-order valence-electron chi connectivity index (χ1n) is 8.61. The number of hydrogen-bond donors (Lipinski definition) is 0. The number of methoxy groups -OCH3 is 1. The van der Waals surface area contributed by atoms with Crippen molar-refractivity contribution < 1.29 is 14.3 Å². The summed E-state index contributed by atoms with van der Waals surface area (Å²) in [6.07, 6.45) is 1.76. The van der Waals surface area contributed by atoms with Crippen molar-refractivity contribution in [3.05, 3.63) is 46.0 Å². The molecule has 1 amide bonds. The maximum Gasteiger partial charge on any atom is 0.325 e. The Balaban J connectivity index is 2.13. The second-order valence-electron chi connectivity index (χ2n) is 6.64. The number of nitrogens with zero attached hydrogens (tertiary/aromatic N) is 4. The van der Waals surface area contributed by atoms with E-state index >= 15 is 0 Å². The fraction of sp³-hybridized carbons (Fsp3) is 0.368. The largest absolute Gasteiger partial charge is 0.468 e. The van der Waals surface area contributed by atoms with Gasteiger partial charge >= 0.3 is 5.97 Å². The summed E-state index contributed by atoms with van der Waals surface area (Å²) in [5.41, 5.74) is 3.38. The van der Waals surface area contributed by atoms with E-state index in [0.29, 0.717) is 4.80 Å². The Hall–Kier alpha value is -2.74. The summed E-state index contributed by atoms with van der Waals surface area (Å²) in [5.74, 6) is -0.834. The van der Waals surface area contributed by atoms with Gasteiger partial charge in [0.1, 0.15) is 6.54 Å². The third kappa shape index (κ3) is 3.85. The number of aromatic nitrogens is 3. The third-order valence-corrected chi connectivity index (χ3v) is 5.41.